The molecule has 1 saturated carbocycles. The molecule has 0 saturated heterocycles. The summed E-state index contributed by atoms with van der Waals surface area (Å²) < 4.78 is 5.64. The highest BCUT2D eigenvalue weighted by Crippen LogP contribution is 2.32. The van der Waals surface area contributed by atoms with Crippen LogP contribution in [-0.2, 0) is 0 Å². The summed E-state index contributed by atoms with van der Waals surface area (Å²) in [6, 6.07) is 5.50. The topological polar surface area (TPSA) is 55.5 Å². The van der Waals surface area contributed by atoms with Gasteiger partial charge in [-0.05, 0) is 37.5 Å². The van der Waals surface area contributed by atoms with E-state index in [2.05, 4.69) is 0 Å². The SMILES string of the molecule is CC(N)c1ccc(OCC2(O)CCCC2)c(Cl)c1. The monoisotopic (exact) mass is 269 g/mol. The molecule has 1 fully saturated rings. The Kier molecular flexibility index (Phi) is 4.15. The molecule has 1 aliphatic carbocycles. The third kappa shape index (κ3) is 3.16. The van der Waals surface area contributed by atoms with Crippen molar-refractivity contribution >= 4 is 11.6 Å². The molecule has 0 spiro atoms. The van der Waals surface area contributed by atoms with Crippen molar-refractivity contribution in [1.82, 2.24) is 0 Å². The first-order chi connectivity index (χ1) is 8.50. The van der Waals surface area contributed by atoms with Gasteiger partial charge in [0.2, 0.25) is 0 Å². The van der Waals surface area contributed by atoms with Crippen molar-refractivity contribution in [3.63, 3.8) is 0 Å². The Labute approximate surface area is 113 Å². The first-order valence-electron chi connectivity index (χ1n) is 6.40. The molecule has 1 atom stereocenters. The van der Waals surface area contributed by atoms with Crippen molar-refractivity contribution < 1.29 is 9.84 Å². The third-order valence-electron chi connectivity index (χ3n) is 3.51. The van der Waals surface area contributed by atoms with Gasteiger partial charge < -0.3 is 15.6 Å². The molecule has 1 aromatic rings. The summed E-state index contributed by atoms with van der Waals surface area (Å²) >= 11 is 6.14. The van der Waals surface area contributed by atoms with Crippen molar-refractivity contribution in [2.45, 2.75) is 44.2 Å². The summed E-state index contributed by atoms with van der Waals surface area (Å²) in [5.74, 6) is 0.612. The highest BCUT2D eigenvalue weighted by atomic mass is 35.5. The van der Waals surface area contributed by atoms with Crippen LogP contribution in [0.25, 0.3) is 0 Å². The van der Waals surface area contributed by atoms with E-state index in [1.807, 2.05) is 25.1 Å². The van der Waals surface area contributed by atoms with Crippen molar-refractivity contribution in [1.29, 1.82) is 0 Å². The second-order valence-corrected chi connectivity index (χ2v) is 5.61. The van der Waals surface area contributed by atoms with Crippen molar-refractivity contribution in [2.24, 2.45) is 5.73 Å². The highest BCUT2D eigenvalue weighted by molar-refractivity contribution is 6.32. The fourth-order valence-corrected chi connectivity index (χ4v) is 2.55. The lowest BCUT2D eigenvalue weighted by molar-refractivity contribution is 0.00144. The number of aliphatic hydroxyl groups is 1. The maximum absolute atomic E-state index is 10.2. The maximum atomic E-state index is 10.2. The van der Waals surface area contributed by atoms with Gasteiger partial charge in [0.15, 0.2) is 0 Å². The van der Waals surface area contributed by atoms with E-state index in [9.17, 15) is 5.11 Å². The van der Waals surface area contributed by atoms with Gasteiger partial charge in [0, 0.05) is 6.04 Å². The van der Waals surface area contributed by atoms with Gasteiger partial charge in [0.1, 0.15) is 12.4 Å². The molecular formula is C14H20ClNO2. The van der Waals surface area contributed by atoms with Crippen LogP contribution in [0.2, 0.25) is 5.02 Å². The number of nitrogens with two attached hydrogens (primary N) is 1. The second-order valence-electron chi connectivity index (χ2n) is 5.20. The number of hydrogen-bond donors (Lipinski definition) is 2. The molecule has 4 heteroatoms. The minimum atomic E-state index is -0.677. The van der Waals surface area contributed by atoms with Gasteiger partial charge >= 0.3 is 0 Å². The van der Waals surface area contributed by atoms with E-state index in [1.54, 1.807) is 0 Å². The molecule has 3 nitrogen and oxygen atoms in total. The van der Waals surface area contributed by atoms with Gasteiger partial charge in [-0.15, -0.1) is 0 Å². The van der Waals surface area contributed by atoms with Crippen LogP contribution in [0.15, 0.2) is 18.2 Å². The van der Waals surface area contributed by atoms with E-state index in [4.69, 9.17) is 22.1 Å². The number of rotatable bonds is 4. The molecule has 3 N–H and O–H groups in total. The van der Waals surface area contributed by atoms with Gasteiger partial charge in [0.25, 0.3) is 0 Å². The molecule has 0 aliphatic heterocycles. The van der Waals surface area contributed by atoms with Crippen molar-refractivity contribution in [2.75, 3.05) is 6.61 Å². The molecule has 0 bridgehead atoms. The van der Waals surface area contributed by atoms with Gasteiger partial charge in [-0.25, -0.2) is 0 Å². The summed E-state index contributed by atoms with van der Waals surface area (Å²) in [5, 5.41) is 10.7. The summed E-state index contributed by atoms with van der Waals surface area (Å²) in [4.78, 5) is 0. The van der Waals surface area contributed by atoms with Gasteiger partial charge in [-0.3, -0.25) is 0 Å². The van der Waals surface area contributed by atoms with Crippen LogP contribution in [0, 0.1) is 0 Å². The fraction of sp³-hybridized carbons (Fsp3) is 0.571. The minimum absolute atomic E-state index is 0.0458. The third-order valence-corrected chi connectivity index (χ3v) is 3.81. The lowest BCUT2D eigenvalue weighted by atomic mass is 10.0. The Hall–Kier alpha value is -0.770. The molecule has 0 radical (unpaired) electrons. The molecule has 18 heavy (non-hydrogen) atoms. The number of hydrogen-bond acceptors (Lipinski definition) is 3. The maximum Gasteiger partial charge on any atom is 0.138 e. The van der Waals surface area contributed by atoms with Crippen LogP contribution in [-0.4, -0.2) is 17.3 Å². The van der Waals surface area contributed by atoms with Crippen LogP contribution in [0.3, 0.4) is 0 Å². The van der Waals surface area contributed by atoms with Crippen LogP contribution < -0.4 is 10.5 Å². The molecule has 0 amide bonds. The van der Waals surface area contributed by atoms with Gasteiger partial charge in [-0.2, -0.15) is 0 Å². The van der Waals surface area contributed by atoms with E-state index in [1.165, 1.54) is 0 Å². The first kappa shape index (κ1) is 13.7. The number of halogens is 1. The smallest absolute Gasteiger partial charge is 0.138 e. The zero-order valence-electron chi connectivity index (χ0n) is 10.7. The highest BCUT2D eigenvalue weighted by Gasteiger charge is 2.32. The number of benzene rings is 1. The van der Waals surface area contributed by atoms with E-state index in [0.29, 0.717) is 17.4 Å². The van der Waals surface area contributed by atoms with Crippen molar-refractivity contribution in [3.8, 4) is 5.75 Å². The lowest BCUT2D eigenvalue weighted by Crippen LogP contribution is -2.32. The molecule has 1 unspecified atom stereocenters. The van der Waals surface area contributed by atoms with E-state index in [-0.39, 0.29) is 6.04 Å². The van der Waals surface area contributed by atoms with E-state index < -0.39 is 5.60 Å². The first-order valence-corrected chi connectivity index (χ1v) is 6.78. The van der Waals surface area contributed by atoms with E-state index >= 15 is 0 Å². The molecule has 100 valence electrons. The Bertz CT molecular complexity index is 414. The zero-order chi connectivity index (χ0) is 13.2. The normalized spacial score (nSPS) is 19.8. The predicted molar refractivity (Wildman–Crippen MR) is 73.0 cm³/mol. The molecule has 0 heterocycles. The zero-order valence-corrected chi connectivity index (χ0v) is 11.4. The quantitative estimate of drug-likeness (QED) is 0.883. The van der Waals surface area contributed by atoms with Crippen LogP contribution in [0.4, 0.5) is 0 Å². The van der Waals surface area contributed by atoms with Crippen LogP contribution >= 0.6 is 11.6 Å². The van der Waals surface area contributed by atoms with E-state index in [0.717, 1.165) is 31.2 Å². The number of ether oxygens (including phenoxy) is 1. The van der Waals surface area contributed by atoms with Crippen molar-refractivity contribution in [3.05, 3.63) is 28.8 Å². The van der Waals surface area contributed by atoms with Crippen LogP contribution in [0.1, 0.15) is 44.2 Å². The summed E-state index contributed by atoms with van der Waals surface area (Å²) in [5.41, 5.74) is 6.09. The fourth-order valence-electron chi connectivity index (χ4n) is 2.31. The van der Waals surface area contributed by atoms with Gasteiger partial charge in [0.05, 0.1) is 10.6 Å². The summed E-state index contributed by atoms with van der Waals surface area (Å²) in [6.45, 7) is 2.22. The Morgan fingerprint density at radius 1 is 1.44 bits per heavy atom. The molecule has 0 aromatic heterocycles. The summed E-state index contributed by atoms with van der Waals surface area (Å²) in [7, 11) is 0. The Morgan fingerprint density at radius 2 is 2.11 bits per heavy atom. The van der Waals surface area contributed by atoms with Gasteiger partial charge in [-0.1, -0.05) is 30.5 Å². The molecule has 2 rings (SSSR count). The Morgan fingerprint density at radius 3 is 2.67 bits per heavy atom. The minimum Gasteiger partial charge on any atom is -0.489 e. The average molecular weight is 270 g/mol. The largest absolute Gasteiger partial charge is 0.489 e. The second kappa shape index (κ2) is 5.47. The lowest BCUT2D eigenvalue weighted by Gasteiger charge is -2.22. The molecule has 1 aromatic carbocycles. The molecular weight excluding hydrogens is 250 g/mol. The predicted octanol–water partition coefficient (Wildman–Crippen LogP) is 3.04. The van der Waals surface area contributed by atoms with Crippen LogP contribution in [0.5, 0.6) is 5.75 Å². The molecule has 1 aliphatic rings. The summed E-state index contributed by atoms with van der Waals surface area (Å²) in [6.07, 6.45) is 3.75. The standard InChI is InChI=1S/C14H20ClNO2/c1-10(16)11-4-5-13(12(15)8-11)18-9-14(17)6-2-3-7-14/h4-5,8,10,17H,2-3,6-7,9,16H2,1H3. The average Bonchev–Trinajstić information content (AvgIpc) is 2.75. The Balaban J connectivity index is 2.01.